The lowest BCUT2D eigenvalue weighted by molar-refractivity contribution is -0.116. The maximum atomic E-state index is 12.2. The maximum Gasteiger partial charge on any atom is 0.257 e. The molecule has 1 aromatic carbocycles. The average Bonchev–Trinajstić information content (AvgIpc) is 3.19. The maximum absolute atomic E-state index is 12.2. The van der Waals surface area contributed by atoms with E-state index < -0.39 is 0 Å². The Morgan fingerprint density at radius 2 is 1.96 bits per heavy atom. The van der Waals surface area contributed by atoms with E-state index in [9.17, 15) is 4.79 Å². The van der Waals surface area contributed by atoms with Crippen LogP contribution in [0.4, 0.5) is 5.69 Å². The molecular weight excluding hydrogens is 322 g/mol. The van der Waals surface area contributed by atoms with E-state index in [1.807, 2.05) is 38.3 Å². The molecule has 0 saturated carbocycles. The van der Waals surface area contributed by atoms with E-state index in [4.69, 9.17) is 4.42 Å². The summed E-state index contributed by atoms with van der Waals surface area (Å²) in [6.45, 7) is 6.05. The zero-order valence-corrected chi connectivity index (χ0v) is 14.7. The molecule has 0 aliphatic rings. The Kier molecular flexibility index (Phi) is 4.76. The Bertz CT molecular complexity index is 830. The molecule has 1 N–H and O–H groups in total. The minimum absolute atomic E-state index is 0.0547. The number of carbonyl (C=O) groups excluding carboxylic acids is 1. The summed E-state index contributed by atoms with van der Waals surface area (Å²) in [5.74, 6) is 0.928. The summed E-state index contributed by atoms with van der Waals surface area (Å²) in [6.07, 6.45) is 0.729. The van der Waals surface area contributed by atoms with Crippen molar-refractivity contribution in [3.8, 4) is 10.8 Å². The summed E-state index contributed by atoms with van der Waals surface area (Å²) < 4.78 is 5.60. The molecule has 0 unspecified atom stereocenters. The summed E-state index contributed by atoms with van der Waals surface area (Å²) in [6, 6.07) is 7.99. The molecule has 0 radical (unpaired) electrons. The van der Waals surface area contributed by atoms with Gasteiger partial charge in [-0.25, -0.2) is 0 Å². The van der Waals surface area contributed by atoms with Crippen LogP contribution in [0.3, 0.4) is 0 Å². The van der Waals surface area contributed by atoms with Gasteiger partial charge in [-0.2, -0.15) is 0 Å². The third kappa shape index (κ3) is 3.71. The molecule has 2 aromatic heterocycles. The zero-order valence-electron chi connectivity index (χ0n) is 13.9. The van der Waals surface area contributed by atoms with E-state index in [1.54, 1.807) is 11.3 Å². The molecule has 5 nitrogen and oxygen atoms in total. The van der Waals surface area contributed by atoms with Crippen LogP contribution in [-0.2, 0) is 11.2 Å². The molecule has 0 atom stereocenters. The van der Waals surface area contributed by atoms with Gasteiger partial charge in [0.15, 0.2) is 0 Å². The van der Waals surface area contributed by atoms with Crippen molar-refractivity contribution in [1.29, 1.82) is 0 Å². The number of nitrogens with one attached hydrogen (secondary N) is 1. The van der Waals surface area contributed by atoms with Gasteiger partial charge < -0.3 is 9.73 Å². The van der Waals surface area contributed by atoms with Crippen molar-refractivity contribution in [1.82, 2.24) is 10.2 Å². The van der Waals surface area contributed by atoms with Crippen LogP contribution in [0.2, 0.25) is 0 Å². The molecule has 0 aliphatic carbocycles. The van der Waals surface area contributed by atoms with E-state index in [-0.39, 0.29) is 5.91 Å². The highest BCUT2D eigenvalue weighted by atomic mass is 32.1. The lowest BCUT2D eigenvalue weighted by Gasteiger charge is -2.12. The van der Waals surface area contributed by atoms with Crippen LogP contribution in [0, 0.1) is 20.8 Å². The average molecular weight is 341 g/mol. The van der Waals surface area contributed by atoms with E-state index in [1.165, 1.54) is 5.56 Å². The highest BCUT2D eigenvalue weighted by Crippen LogP contribution is 2.24. The van der Waals surface area contributed by atoms with Crippen LogP contribution in [0.5, 0.6) is 0 Å². The standard InChI is InChI=1S/C18H19N3O2S/c1-11-9-12(2)17(13(3)10-11)19-15(22)6-7-16-20-21-18(23-16)14-5-4-8-24-14/h4-5,8-10H,6-7H2,1-3H3,(H,19,22). The van der Waals surface area contributed by atoms with Crippen molar-refractivity contribution >= 4 is 22.9 Å². The smallest absolute Gasteiger partial charge is 0.257 e. The third-order valence-electron chi connectivity index (χ3n) is 3.71. The second-order valence-corrected chi connectivity index (χ2v) is 6.75. The number of amides is 1. The number of thiophene rings is 1. The molecule has 24 heavy (non-hydrogen) atoms. The number of rotatable bonds is 5. The number of hydrogen-bond acceptors (Lipinski definition) is 5. The largest absolute Gasteiger partial charge is 0.420 e. The summed E-state index contributed by atoms with van der Waals surface area (Å²) in [7, 11) is 0. The zero-order chi connectivity index (χ0) is 17.1. The second kappa shape index (κ2) is 6.97. The summed E-state index contributed by atoms with van der Waals surface area (Å²) in [5, 5.41) is 13.0. The number of hydrogen-bond donors (Lipinski definition) is 1. The van der Waals surface area contributed by atoms with Crippen LogP contribution in [0.25, 0.3) is 10.8 Å². The number of anilines is 1. The van der Waals surface area contributed by atoms with Crippen molar-refractivity contribution in [2.24, 2.45) is 0 Å². The second-order valence-electron chi connectivity index (χ2n) is 5.80. The molecule has 0 spiro atoms. The van der Waals surface area contributed by atoms with Crippen LogP contribution in [-0.4, -0.2) is 16.1 Å². The Labute approximate surface area is 144 Å². The van der Waals surface area contributed by atoms with Crippen molar-refractivity contribution in [2.75, 3.05) is 5.32 Å². The highest BCUT2D eigenvalue weighted by Gasteiger charge is 2.12. The van der Waals surface area contributed by atoms with Gasteiger partial charge in [-0.3, -0.25) is 4.79 Å². The first-order valence-corrected chi connectivity index (χ1v) is 8.65. The predicted molar refractivity (Wildman–Crippen MR) is 95.2 cm³/mol. The fourth-order valence-corrected chi connectivity index (χ4v) is 3.30. The molecule has 1 amide bonds. The number of aryl methyl sites for hydroxylation is 4. The molecule has 0 saturated heterocycles. The molecule has 0 aliphatic heterocycles. The first-order chi connectivity index (χ1) is 11.5. The van der Waals surface area contributed by atoms with E-state index in [0.717, 1.165) is 21.7 Å². The van der Waals surface area contributed by atoms with Crippen LogP contribution < -0.4 is 5.32 Å². The first-order valence-electron chi connectivity index (χ1n) is 7.77. The molecular formula is C18H19N3O2S. The minimum Gasteiger partial charge on any atom is -0.420 e. The topological polar surface area (TPSA) is 68.0 Å². The Morgan fingerprint density at radius 1 is 1.21 bits per heavy atom. The fraction of sp³-hybridized carbons (Fsp3) is 0.278. The predicted octanol–water partition coefficient (Wildman–Crippen LogP) is 4.29. The van der Waals surface area contributed by atoms with Gasteiger partial charge >= 0.3 is 0 Å². The van der Waals surface area contributed by atoms with Crippen molar-refractivity contribution in [2.45, 2.75) is 33.6 Å². The fourth-order valence-electron chi connectivity index (χ4n) is 2.65. The number of aromatic nitrogens is 2. The van der Waals surface area contributed by atoms with Gasteiger partial charge in [0.2, 0.25) is 11.8 Å². The molecule has 0 fully saturated rings. The van der Waals surface area contributed by atoms with Gasteiger partial charge in [-0.1, -0.05) is 23.8 Å². The normalized spacial score (nSPS) is 10.8. The minimum atomic E-state index is -0.0547. The van der Waals surface area contributed by atoms with E-state index in [0.29, 0.717) is 24.6 Å². The molecule has 3 aromatic rings. The molecule has 6 heteroatoms. The summed E-state index contributed by atoms with van der Waals surface area (Å²) >= 11 is 1.54. The molecule has 3 rings (SSSR count). The molecule has 0 bridgehead atoms. The SMILES string of the molecule is Cc1cc(C)c(NC(=O)CCc2nnc(-c3cccs3)o2)c(C)c1. The quantitative estimate of drug-likeness (QED) is 0.751. The summed E-state index contributed by atoms with van der Waals surface area (Å²) in [4.78, 5) is 13.1. The van der Waals surface area contributed by atoms with Gasteiger partial charge in [0.05, 0.1) is 4.88 Å². The third-order valence-corrected chi connectivity index (χ3v) is 4.56. The number of nitrogens with zero attached hydrogens (tertiary/aromatic N) is 2. The number of benzene rings is 1. The van der Waals surface area contributed by atoms with Gasteiger partial charge in [-0.05, 0) is 43.3 Å². The number of carbonyl (C=O) groups is 1. The van der Waals surface area contributed by atoms with Crippen LogP contribution in [0.15, 0.2) is 34.1 Å². The van der Waals surface area contributed by atoms with Crippen molar-refractivity contribution in [3.63, 3.8) is 0 Å². The monoisotopic (exact) mass is 341 g/mol. The lowest BCUT2D eigenvalue weighted by Crippen LogP contribution is -2.14. The lowest BCUT2D eigenvalue weighted by atomic mass is 10.0. The van der Waals surface area contributed by atoms with Gasteiger partial charge in [0.25, 0.3) is 5.89 Å². The van der Waals surface area contributed by atoms with Crippen LogP contribution >= 0.6 is 11.3 Å². The van der Waals surface area contributed by atoms with E-state index >= 15 is 0 Å². The van der Waals surface area contributed by atoms with E-state index in [2.05, 4.69) is 27.6 Å². The van der Waals surface area contributed by atoms with Crippen LogP contribution in [0.1, 0.15) is 29.0 Å². The van der Waals surface area contributed by atoms with Gasteiger partial charge in [0.1, 0.15) is 0 Å². The molecule has 124 valence electrons. The highest BCUT2D eigenvalue weighted by molar-refractivity contribution is 7.13. The molecule has 2 heterocycles. The van der Waals surface area contributed by atoms with Crippen molar-refractivity contribution < 1.29 is 9.21 Å². The Balaban J connectivity index is 1.60. The first kappa shape index (κ1) is 16.4. The van der Waals surface area contributed by atoms with Gasteiger partial charge in [-0.15, -0.1) is 21.5 Å². The van der Waals surface area contributed by atoms with Gasteiger partial charge in [0, 0.05) is 18.5 Å². The van der Waals surface area contributed by atoms with Crippen molar-refractivity contribution in [3.05, 3.63) is 52.2 Å². The Hall–Kier alpha value is -2.47. The Morgan fingerprint density at radius 3 is 2.62 bits per heavy atom. The summed E-state index contributed by atoms with van der Waals surface area (Å²) in [5.41, 5.74) is 4.21.